The Morgan fingerprint density at radius 2 is 1.46 bits per heavy atom. The molecule has 0 unspecified atom stereocenters. The summed E-state index contributed by atoms with van der Waals surface area (Å²) in [4.78, 5) is 22.1. The Kier molecular flexibility index (Phi) is 2.96. The summed E-state index contributed by atoms with van der Waals surface area (Å²) in [5.74, 6) is 8.80. The molecule has 6 nitrogen and oxygen atoms in total. The van der Waals surface area contributed by atoms with E-state index in [4.69, 9.17) is 11.7 Å². The zero-order valence-electron chi connectivity index (χ0n) is 6.53. The molecule has 0 radical (unpaired) electrons. The summed E-state index contributed by atoms with van der Waals surface area (Å²) in [6, 6.07) is 0. The molecule has 0 aromatic carbocycles. The van der Waals surface area contributed by atoms with Crippen LogP contribution in [0.2, 0.25) is 0 Å². The number of hydrogen-bond donors (Lipinski definition) is 4. The highest BCUT2D eigenvalue weighted by Gasteiger charge is 2.16. The van der Waals surface area contributed by atoms with Crippen molar-refractivity contribution < 1.29 is 9.59 Å². The molecule has 0 aliphatic carbocycles. The molecule has 2 amide bonds. The highest BCUT2D eigenvalue weighted by molar-refractivity contribution is 7.08. The van der Waals surface area contributed by atoms with Gasteiger partial charge in [-0.15, -0.1) is 0 Å². The van der Waals surface area contributed by atoms with E-state index in [1.165, 1.54) is 22.1 Å². The van der Waals surface area contributed by atoms with E-state index in [-0.39, 0.29) is 11.1 Å². The second-order valence-electron chi connectivity index (χ2n) is 2.15. The molecule has 1 aromatic rings. The highest BCUT2D eigenvalue weighted by atomic mass is 32.1. The summed E-state index contributed by atoms with van der Waals surface area (Å²) in [7, 11) is 0. The first kappa shape index (κ1) is 9.65. The van der Waals surface area contributed by atoms with Crippen molar-refractivity contribution in [1.29, 1.82) is 0 Å². The van der Waals surface area contributed by atoms with Gasteiger partial charge in [-0.1, -0.05) is 0 Å². The van der Waals surface area contributed by atoms with E-state index >= 15 is 0 Å². The summed E-state index contributed by atoms with van der Waals surface area (Å²) in [6.45, 7) is 0. The van der Waals surface area contributed by atoms with Gasteiger partial charge in [0.05, 0.1) is 11.1 Å². The Morgan fingerprint density at radius 3 is 1.77 bits per heavy atom. The predicted octanol–water partition coefficient (Wildman–Crippen LogP) is -1.04. The van der Waals surface area contributed by atoms with Gasteiger partial charge in [-0.25, -0.2) is 11.7 Å². The number of nitrogens with two attached hydrogens (primary N) is 2. The Balaban J connectivity index is 3.02. The molecule has 0 fully saturated rings. The number of nitrogen functional groups attached to an aromatic ring is 2. The third-order valence-electron chi connectivity index (χ3n) is 1.41. The molecule has 0 aliphatic heterocycles. The van der Waals surface area contributed by atoms with Crippen molar-refractivity contribution >= 4 is 23.2 Å². The van der Waals surface area contributed by atoms with Crippen LogP contribution in [0.4, 0.5) is 0 Å². The largest absolute Gasteiger partial charge is 0.290 e. The lowest BCUT2D eigenvalue weighted by Gasteiger charge is -2.00. The standard InChI is InChI=1S/C6H8N4O2S/c7-9-5(11)3-1-13-2-4(3)6(12)10-8/h1-2H,7-8H2,(H,9,11)(H,10,12). The second kappa shape index (κ2) is 3.99. The van der Waals surface area contributed by atoms with Gasteiger partial charge in [0.1, 0.15) is 0 Å². The summed E-state index contributed by atoms with van der Waals surface area (Å²) in [5, 5.41) is 3.04. The lowest BCUT2D eigenvalue weighted by molar-refractivity contribution is 0.0920. The predicted molar refractivity (Wildman–Crippen MR) is 47.6 cm³/mol. The molecule has 6 N–H and O–H groups in total. The highest BCUT2D eigenvalue weighted by Crippen LogP contribution is 2.14. The Bertz CT molecular complexity index is 305. The van der Waals surface area contributed by atoms with E-state index in [9.17, 15) is 9.59 Å². The van der Waals surface area contributed by atoms with E-state index < -0.39 is 11.8 Å². The van der Waals surface area contributed by atoms with Gasteiger partial charge < -0.3 is 0 Å². The Morgan fingerprint density at radius 1 is 1.08 bits per heavy atom. The fourth-order valence-corrected chi connectivity index (χ4v) is 1.61. The van der Waals surface area contributed by atoms with Crippen molar-refractivity contribution in [3.63, 3.8) is 0 Å². The van der Waals surface area contributed by atoms with Crippen LogP contribution >= 0.6 is 11.3 Å². The SMILES string of the molecule is NNC(=O)c1cscc1C(=O)NN. The number of thiophene rings is 1. The molecule has 1 aromatic heterocycles. The molecule has 1 rings (SSSR count). The minimum Gasteiger partial charge on any atom is -0.290 e. The monoisotopic (exact) mass is 200 g/mol. The molecule has 1 heterocycles. The molecule has 0 spiro atoms. The van der Waals surface area contributed by atoms with Crippen molar-refractivity contribution in [3.8, 4) is 0 Å². The summed E-state index contributed by atoms with van der Waals surface area (Å²) < 4.78 is 0. The number of amides is 2. The van der Waals surface area contributed by atoms with Gasteiger partial charge in [-0.2, -0.15) is 11.3 Å². The molecule has 0 bridgehead atoms. The molecule has 7 heteroatoms. The average Bonchev–Trinajstić information content (AvgIpc) is 2.63. The van der Waals surface area contributed by atoms with Crippen molar-refractivity contribution in [2.45, 2.75) is 0 Å². The van der Waals surface area contributed by atoms with Gasteiger partial charge in [0.2, 0.25) is 0 Å². The van der Waals surface area contributed by atoms with Crippen LogP contribution in [0.3, 0.4) is 0 Å². The number of carbonyl (C=O) groups is 2. The zero-order chi connectivity index (χ0) is 9.84. The van der Waals surface area contributed by atoms with E-state index in [0.29, 0.717) is 0 Å². The first-order valence-corrected chi connectivity index (χ1v) is 4.23. The van der Waals surface area contributed by atoms with Crippen molar-refractivity contribution in [2.24, 2.45) is 11.7 Å². The van der Waals surface area contributed by atoms with Crippen molar-refractivity contribution in [1.82, 2.24) is 10.9 Å². The molecule has 0 atom stereocenters. The van der Waals surface area contributed by atoms with Crippen LogP contribution in [0, 0.1) is 0 Å². The summed E-state index contributed by atoms with van der Waals surface area (Å²) in [6.07, 6.45) is 0. The number of nitrogens with one attached hydrogen (secondary N) is 2. The first-order valence-electron chi connectivity index (χ1n) is 3.28. The zero-order valence-corrected chi connectivity index (χ0v) is 7.35. The van der Waals surface area contributed by atoms with Crippen LogP contribution in [0.1, 0.15) is 20.7 Å². The minimum atomic E-state index is -0.514. The molecule has 0 saturated heterocycles. The van der Waals surface area contributed by atoms with Crippen molar-refractivity contribution in [2.75, 3.05) is 0 Å². The molecule has 70 valence electrons. The van der Waals surface area contributed by atoms with Gasteiger partial charge >= 0.3 is 0 Å². The lowest BCUT2D eigenvalue weighted by Crippen LogP contribution is -2.34. The Labute approximate surface area is 77.8 Å². The van der Waals surface area contributed by atoms with E-state index in [0.717, 1.165) is 0 Å². The van der Waals surface area contributed by atoms with E-state index in [2.05, 4.69) is 0 Å². The lowest BCUT2D eigenvalue weighted by atomic mass is 10.2. The number of hydrogen-bond acceptors (Lipinski definition) is 5. The fraction of sp³-hybridized carbons (Fsp3) is 0. The number of carbonyl (C=O) groups excluding carboxylic acids is 2. The van der Waals surface area contributed by atoms with Crippen LogP contribution in [0.15, 0.2) is 10.8 Å². The number of rotatable bonds is 2. The smallest absolute Gasteiger partial charge is 0.266 e. The summed E-state index contributed by atoms with van der Waals surface area (Å²) in [5.41, 5.74) is 4.30. The molecular formula is C6H8N4O2S. The maximum absolute atomic E-state index is 11.1. The third kappa shape index (κ3) is 1.83. The number of hydrazine groups is 2. The van der Waals surface area contributed by atoms with E-state index in [1.807, 2.05) is 10.9 Å². The first-order chi connectivity index (χ1) is 6.20. The minimum absolute atomic E-state index is 0.218. The third-order valence-corrected chi connectivity index (χ3v) is 2.16. The van der Waals surface area contributed by atoms with Crippen LogP contribution in [0.25, 0.3) is 0 Å². The van der Waals surface area contributed by atoms with E-state index in [1.54, 1.807) is 0 Å². The maximum Gasteiger partial charge on any atom is 0.266 e. The van der Waals surface area contributed by atoms with Gasteiger partial charge in [-0.3, -0.25) is 20.4 Å². The van der Waals surface area contributed by atoms with Crippen LogP contribution < -0.4 is 22.5 Å². The molecule has 0 aliphatic rings. The Hall–Kier alpha value is -1.44. The van der Waals surface area contributed by atoms with Crippen LogP contribution in [0.5, 0.6) is 0 Å². The average molecular weight is 200 g/mol. The van der Waals surface area contributed by atoms with Crippen LogP contribution in [-0.2, 0) is 0 Å². The van der Waals surface area contributed by atoms with Gasteiger partial charge in [0.25, 0.3) is 11.8 Å². The fourth-order valence-electron chi connectivity index (χ4n) is 0.804. The van der Waals surface area contributed by atoms with Gasteiger partial charge in [0, 0.05) is 10.8 Å². The van der Waals surface area contributed by atoms with Gasteiger partial charge in [-0.05, 0) is 0 Å². The quantitative estimate of drug-likeness (QED) is 0.277. The van der Waals surface area contributed by atoms with Gasteiger partial charge in [0.15, 0.2) is 0 Å². The molecule has 0 saturated carbocycles. The molecular weight excluding hydrogens is 192 g/mol. The maximum atomic E-state index is 11.1. The second-order valence-corrected chi connectivity index (χ2v) is 2.89. The topological polar surface area (TPSA) is 110 Å². The van der Waals surface area contributed by atoms with Crippen molar-refractivity contribution in [3.05, 3.63) is 21.9 Å². The molecule has 13 heavy (non-hydrogen) atoms. The van der Waals surface area contributed by atoms with Crippen LogP contribution in [-0.4, -0.2) is 11.8 Å². The normalized spacial score (nSPS) is 9.38. The summed E-state index contributed by atoms with van der Waals surface area (Å²) >= 11 is 1.22.